The van der Waals surface area contributed by atoms with Gasteiger partial charge in [0.05, 0.1) is 0 Å². The van der Waals surface area contributed by atoms with Gasteiger partial charge in [0.2, 0.25) is 0 Å². The van der Waals surface area contributed by atoms with Gasteiger partial charge in [-0.2, -0.15) is 0 Å². The minimum Gasteiger partial charge on any atom is -0.384 e. The van der Waals surface area contributed by atoms with Gasteiger partial charge in [-0.05, 0) is 25.2 Å². The molecule has 1 aromatic rings. The van der Waals surface area contributed by atoms with Crippen molar-refractivity contribution in [2.75, 3.05) is 30.8 Å². The van der Waals surface area contributed by atoms with Gasteiger partial charge in [-0.25, -0.2) is 9.97 Å². The first kappa shape index (κ1) is 13.1. The van der Waals surface area contributed by atoms with Crippen molar-refractivity contribution in [3.05, 3.63) is 11.9 Å². The number of ether oxygens (including phenoxy) is 1. The zero-order valence-electron chi connectivity index (χ0n) is 11.4. The molecule has 0 saturated heterocycles. The van der Waals surface area contributed by atoms with Crippen molar-refractivity contribution < 1.29 is 4.74 Å². The summed E-state index contributed by atoms with van der Waals surface area (Å²) < 4.78 is 5.32. The number of nitrogens with zero attached hydrogens (tertiary/aromatic N) is 3. The lowest BCUT2D eigenvalue weighted by Crippen LogP contribution is -2.22. The number of hydrogen-bond acceptors (Lipinski definition) is 5. The van der Waals surface area contributed by atoms with Crippen LogP contribution >= 0.6 is 0 Å². The molecule has 2 atom stereocenters. The van der Waals surface area contributed by atoms with Gasteiger partial charge in [-0.1, -0.05) is 6.92 Å². The maximum atomic E-state index is 5.81. The molecule has 0 amide bonds. The summed E-state index contributed by atoms with van der Waals surface area (Å²) in [5.74, 6) is 3.68. The zero-order chi connectivity index (χ0) is 13.1. The Morgan fingerprint density at radius 3 is 2.83 bits per heavy atom. The molecule has 0 radical (unpaired) electrons. The molecule has 5 heteroatoms. The molecule has 1 aliphatic carbocycles. The third kappa shape index (κ3) is 3.32. The number of nitrogen functional groups attached to an aromatic ring is 1. The van der Waals surface area contributed by atoms with E-state index in [9.17, 15) is 0 Å². The highest BCUT2D eigenvalue weighted by Gasteiger charge is 2.33. The van der Waals surface area contributed by atoms with E-state index in [0.29, 0.717) is 24.9 Å². The summed E-state index contributed by atoms with van der Waals surface area (Å²) in [5.41, 5.74) is 5.81. The van der Waals surface area contributed by atoms with Gasteiger partial charge in [0.1, 0.15) is 18.2 Å². The first-order valence-electron chi connectivity index (χ1n) is 6.52. The van der Waals surface area contributed by atoms with Gasteiger partial charge >= 0.3 is 0 Å². The fraction of sp³-hybridized carbons (Fsp3) is 0.692. The molecule has 0 spiro atoms. The van der Waals surface area contributed by atoms with Crippen LogP contribution in [0.1, 0.15) is 26.1 Å². The molecule has 2 unspecified atom stereocenters. The summed E-state index contributed by atoms with van der Waals surface area (Å²) in [7, 11) is 2.05. The molecule has 1 fully saturated rings. The lowest BCUT2D eigenvalue weighted by atomic mass is 10.3. The van der Waals surface area contributed by atoms with E-state index >= 15 is 0 Å². The highest BCUT2D eigenvalue weighted by Crippen LogP contribution is 2.38. The van der Waals surface area contributed by atoms with E-state index in [2.05, 4.69) is 28.8 Å². The third-order valence-electron chi connectivity index (χ3n) is 3.39. The second kappa shape index (κ2) is 5.52. The lowest BCUT2D eigenvalue weighted by Gasteiger charge is -2.19. The molecule has 2 rings (SSSR count). The minimum atomic E-state index is 0.419. The molecule has 100 valence electrons. The fourth-order valence-corrected chi connectivity index (χ4v) is 2.06. The highest BCUT2D eigenvalue weighted by atomic mass is 16.5. The van der Waals surface area contributed by atoms with Crippen molar-refractivity contribution in [3.8, 4) is 0 Å². The van der Waals surface area contributed by atoms with Gasteiger partial charge in [0.25, 0.3) is 0 Å². The average Bonchev–Trinajstić information content (AvgIpc) is 3.01. The largest absolute Gasteiger partial charge is 0.384 e. The summed E-state index contributed by atoms with van der Waals surface area (Å²) in [4.78, 5) is 10.8. The predicted molar refractivity (Wildman–Crippen MR) is 72.3 cm³/mol. The van der Waals surface area contributed by atoms with Crippen LogP contribution in [0.3, 0.4) is 0 Å². The molecule has 0 aliphatic heterocycles. The molecular weight excluding hydrogens is 228 g/mol. The first-order chi connectivity index (χ1) is 8.60. The second-order valence-electron chi connectivity index (χ2n) is 5.06. The van der Waals surface area contributed by atoms with Crippen molar-refractivity contribution in [2.45, 2.75) is 26.9 Å². The molecule has 0 bridgehead atoms. The van der Waals surface area contributed by atoms with E-state index in [1.165, 1.54) is 6.42 Å². The molecular formula is C13H22N4O. The van der Waals surface area contributed by atoms with Gasteiger partial charge in [0.15, 0.2) is 5.82 Å². The lowest BCUT2D eigenvalue weighted by molar-refractivity contribution is 0.128. The molecule has 2 N–H and O–H groups in total. The van der Waals surface area contributed by atoms with E-state index in [4.69, 9.17) is 10.5 Å². The van der Waals surface area contributed by atoms with Gasteiger partial charge in [0, 0.05) is 26.3 Å². The molecule has 1 aromatic heterocycles. The van der Waals surface area contributed by atoms with E-state index in [1.807, 2.05) is 13.0 Å². The van der Waals surface area contributed by atoms with Gasteiger partial charge in [-0.15, -0.1) is 0 Å². The summed E-state index contributed by atoms with van der Waals surface area (Å²) in [6.45, 7) is 6.35. The van der Waals surface area contributed by atoms with Gasteiger partial charge in [-0.3, -0.25) is 0 Å². The third-order valence-corrected chi connectivity index (χ3v) is 3.39. The fourth-order valence-electron chi connectivity index (χ4n) is 2.06. The number of aromatic nitrogens is 2. The van der Waals surface area contributed by atoms with E-state index in [1.54, 1.807) is 0 Å². The Morgan fingerprint density at radius 1 is 1.50 bits per heavy atom. The van der Waals surface area contributed by atoms with Crippen molar-refractivity contribution >= 4 is 11.6 Å². The van der Waals surface area contributed by atoms with Crippen LogP contribution in [0.4, 0.5) is 11.6 Å². The SMILES string of the molecule is CCOCc1nc(N)cc(N(C)CC2CC2C)n1. The number of hydrogen-bond donors (Lipinski definition) is 1. The maximum absolute atomic E-state index is 5.81. The molecule has 1 heterocycles. The Hall–Kier alpha value is -1.36. The number of rotatable bonds is 6. The van der Waals surface area contributed by atoms with E-state index in [0.717, 1.165) is 24.2 Å². The predicted octanol–water partition coefficient (Wildman–Crippen LogP) is 1.69. The summed E-state index contributed by atoms with van der Waals surface area (Å²) in [6.07, 6.45) is 1.32. The Kier molecular flexibility index (Phi) is 4.01. The normalized spacial score (nSPS) is 21.9. The highest BCUT2D eigenvalue weighted by molar-refractivity contribution is 5.46. The summed E-state index contributed by atoms with van der Waals surface area (Å²) >= 11 is 0. The second-order valence-corrected chi connectivity index (χ2v) is 5.06. The van der Waals surface area contributed by atoms with Gasteiger partial charge < -0.3 is 15.4 Å². The van der Waals surface area contributed by atoms with Crippen LogP contribution in [-0.4, -0.2) is 30.2 Å². The quantitative estimate of drug-likeness (QED) is 0.832. The molecule has 1 aliphatic rings. The maximum Gasteiger partial charge on any atom is 0.158 e. The van der Waals surface area contributed by atoms with Crippen LogP contribution < -0.4 is 10.6 Å². The van der Waals surface area contributed by atoms with Crippen molar-refractivity contribution in [1.82, 2.24) is 9.97 Å². The van der Waals surface area contributed by atoms with Crippen molar-refractivity contribution in [1.29, 1.82) is 0 Å². The monoisotopic (exact) mass is 250 g/mol. The Labute approximate surface area is 108 Å². The average molecular weight is 250 g/mol. The molecule has 1 saturated carbocycles. The summed E-state index contributed by atoms with van der Waals surface area (Å²) in [5, 5.41) is 0. The Balaban J connectivity index is 2.03. The minimum absolute atomic E-state index is 0.419. The summed E-state index contributed by atoms with van der Waals surface area (Å²) in [6, 6.07) is 1.82. The van der Waals surface area contributed by atoms with E-state index < -0.39 is 0 Å². The molecule has 5 nitrogen and oxygen atoms in total. The number of anilines is 2. The Morgan fingerprint density at radius 2 is 2.22 bits per heavy atom. The van der Waals surface area contributed by atoms with Crippen LogP contribution in [0, 0.1) is 11.8 Å². The molecule has 18 heavy (non-hydrogen) atoms. The van der Waals surface area contributed by atoms with Crippen LogP contribution in [0.25, 0.3) is 0 Å². The van der Waals surface area contributed by atoms with Crippen molar-refractivity contribution in [3.63, 3.8) is 0 Å². The van der Waals surface area contributed by atoms with Crippen LogP contribution in [0.5, 0.6) is 0 Å². The topological polar surface area (TPSA) is 64.3 Å². The van der Waals surface area contributed by atoms with Crippen LogP contribution in [0.2, 0.25) is 0 Å². The first-order valence-corrected chi connectivity index (χ1v) is 6.52. The Bertz CT molecular complexity index is 410. The number of nitrogens with two attached hydrogens (primary N) is 1. The smallest absolute Gasteiger partial charge is 0.158 e. The van der Waals surface area contributed by atoms with Crippen LogP contribution in [-0.2, 0) is 11.3 Å². The zero-order valence-corrected chi connectivity index (χ0v) is 11.4. The standard InChI is InChI=1S/C13H22N4O/c1-4-18-8-12-15-11(14)6-13(16-12)17(3)7-10-5-9(10)2/h6,9-10H,4-5,7-8H2,1-3H3,(H2,14,15,16). The molecule has 0 aromatic carbocycles. The van der Waals surface area contributed by atoms with Crippen LogP contribution in [0.15, 0.2) is 6.07 Å². The van der Waals surface area contributed by atoms with E-state index in [-0.39, 0.29) is 0 Å². The van der Waals surface area contributed by atoms with Crippen molar-refractivity contribution in [2.24, 2.45) is 11.8 Å².